The Morgan fingerprint density at radius 3 is 2.43 bits per heavy atom. The molecule has 0 bridgehead atoms. The van der Waals surface area contributed by atoms with Crippen molar-refractivity contribution in [3.8, 4) is 0 Å². The molecular weight excluding hydrogens is 88.1 g/mol. The van der Waals surface area contributed by atoms with E-state index in [0.717, 1.165) is 12.0 Å². The third kappa shape index (κ3) is 0.409. The van der Waals surface area contributed by atoms with Crippen LogP contribution in [-0.4, -0.2) is 25.7 Å². The summed E-state index contributed by atoms with van der Waals surface area (Å²) < 4.78 is 0. The van der Waals surface area contributed by atoms with Crippen LogP contribution in [-0.2, 0) is 0 Å². The Labute approximate surface area is 43.3 Å². The van der Waals surface area contributed by atoms with Crippen LogP contribution >= 0.6 is 0 Å². The molecule has 2 aliphatic rings. The number of hydrogen-bond donors (Lipinski definition) is 2. The number of nitrogens with one attached hydrogen (secondary N) is 2. The third-order valence-electron chi connectivity index (χ3n) is 1.98. The summed E-state index contributed by atoms with van der Waals surface area (Å²) >= 11 is 0. The molecule has 2 N–H and O–H groups in total. The van der Waals surface area contributed by atoms with Crippen molar-refractivity contribution in [2.75, 3.05) is 19.6 Å². The van der Waals surface area contributed by atoms with Crippen LogP contribution < -0.4 is 10.6 Å². The van der Waals surface area contributed by atoms with Crippen LogP contribution in [0.15, 0.2) is 0 Å². The standard InChI is InChI=1S/C5H10N2/c1-4-2-7-5(4)3-6-1/h4-7H,1-3H2/t4-,5+/m1/s1. The summed E-state index contributed by atoms with van der Waals surface area (Å²) in [5.74, 6) is 0.972. The number of rotatable bonds is 0. The van der Waals surface area contributed by atoms with E-state index in [2.05, 4.69) is 10.6 Å². The topological polar surface area (TPSA) is 24.1 Å². The molecule has 2 heterocycles. The predicted octanol–water partition coefficient (Wildman–Crippen LogP) is -0.822. The van der Waals surface area contributed by atoms with Gasteiger partial charge in [-0.3, -0.25) is 0 Å². The highest BCUT2D eigenvalue weighted by Gasteiger charge is 2.33. The van der Waals surface area contributed by atoms with Gasteiger partial charge >= 0.3 is 0 Å². The molecule has 2 atom stereocenters. The van der Waals surface area contributed by atoms with Gasteiger partial charge < -0.3 is 10.6 Å². The molecule has 0 amide bonds. The lowest BCUT2D eigenvalue weighted by Crippen LogP contribution is -2.51. The molecule has 2 heteroatoms. The maximum absolute atomic E-state index is 3.34. The van der Waals surface area contributed by atoms with E-state index in [1.807, 2.05) is 0 Å². The molecule has 0 spiro atoms. The molecule has 0 aliphatic carbocycles. The molecule has 2 nitrogen and oxygen atoms in total. The molecule has 0 unspecified atom stereocenters. The van der Waals surface area contributed by atoms with Gasteiger partial charge in [0.1, 0.15) is 0 Å². The van der Waals surface area contributed by atoms with Crippen LogP contribution in [0.25, 0.3) is 0 Å². The lowest BCUT2D eigenvalue weighted by Gasteiger charge is -2.30. The van der Waals surface area contributed by atoms with Crippen LogP contribution in [0.1, 0.15) is 0 Å². The minimum atomic E-state index is 0.833. The third-order valence-corrected chi connectivity index (χ3v) is 1.98. The van der Waals surface area contributed by atoms with Gasteiger partial charge in [-0.15, -0.1) is 0 Å². The number of hydrogen-bond acceptors (Lipinski definition) is 2. The van der Waals surface area contributed by atoms with Gasteiger partial charge in [-0.1, -0.05) is 0 Å². The fourth-order valence-corrected chi connectivity index (χ4v) is 1.33. The van der Waals surface area contributed by atoms with Gasteiger partial charge in [0.05, 0.1) is 0 Å². The van der Waals surface area contributed by atoms with E-state index in [1.165, 1.54) is 19.6 Å². The van der Waals surface area contributed by atoms with Crippen LogP contribution in [0, 0.1) is 5.92 Å². The van der Waals surface area contributed by atoms with Gasteiger partial charge in [0.2, 0.25) is 0 Å². The monoisotopic (exact) mass is 98.1 g/mol. The first-order chi connectivity index (χ1) is 3.47. The Bertz CT molecular complexity index is 72.1. The molecule has 0 saturated carbocycles. The first-order valence-corrected chi connectivity index (χ1v) is 2.91. The van der Waals surface area contributed by atoms with E-state index >= 15 is 0 Å². The van der Waals surface area contributed by atoms with E-state index in [-0.39, 0.29) is 0 Å². The molecule has 2 rings (SSSR count). The van der Waals surface area contributed by atoms with Crippen molar-refractivity contribution >= 4 is 0 Å². The van der Waals surface area contributed by atoms with E-state index < -0.39 is 0 Å². The summed E-state index contributed by atoms with van der Waals surface area (Å²) in [5, 5.41) is 6.67. The summed E-state index contributed by atoms with van der Waals surface area (Å²) in [6, 6.07) is 0.833. The highest BCUT2D eigenvalue weighted by Crippen LogP contribution is 2.15. The van der Waals surface area contributed by atoms with Crippen LogP contribution in [0.2, 0.25) is 0 Å². The Hall–Kier alpha value is -0.0800. The molecular formula is C5H10N2. The zero-order valence-electron chi connectivity index (χ0n) is 4.28. The summed E-state index contributed by atoms with van der Waals surface area (Å²) in [6.07, 6.45) is 0. The molecule has 40 valence electrons. The Balaban J connectivity index is 2.03. The van der Waals surface area contributed by atoms with Gasteiger partial charge in [0, 0.05) is 31.6 Å². The maximum Gasteiger partial charge on any atom is 0.0245 e. The fraction of sp³-hybridized carbons (Fsp3) is 1.00. The van der Waals surface area contributed by atoms with Crippen molar-refractivity contribution in [2.24, 2.45) is 5.92 Å². The Morgan fingerprint density at radius 2 is 2.14 bits per heavy atom. The minimum Gasteiger partial charge on any atom is -0.315 e. The first kappa shape index (κ1) is 3.87. The highest BCUT2D eigenvalue weighted by molar-refractivity contribution is 4.95. The van der Waals surface area contributed by atoms with Crippen LogP contribution in [0.4, 0.5) is 0 Å². The molecule has 7 heavy (non-hydrogen) atoms. The van der Waals surface area contributed by atoms with Gasteiger partial charge in [0.15, 0.2) is 0 Å². The molecule has 2 saturated heterocycles. The summed E-state index contributed by atoms with van der Waals surface area (Å²) in [4.78, 5) is 0. The van der Waals surface area contributed by atoms with Gasteiger partial charge in [-0.2, -0.15) is 0 Å². The second-order valence-electron chi connectivity index (χ2n) is 2.43. The second-order valence-corrected chi connectivity index (χ2v) is 2.43. The van der Waals surface area contributed by atoms with Crippen LogP contribution in [0.3, 0.4) is 0 Å². The van der Waals surface area contributed by atoms with Crippen molar-refractivity contribution < 1.29 is 0 Å². The maximum atomic E-state index is 3.34. The smallest absolute Gasteiger partial charge is 0.0245 e. The van der Waals surface area contributed by atoms with E-state index in [0.29, 0.717) is 0 Å². The molecule has 0 aromatic carbocycles. The normalized spacial score (nSPS) is 48.0. The van der Waals surface area contributed by atoms with Crippen LogP contribution in [0.5, 0.6) is 0 Å². The average Bonchev–Trinajstić information content (AvgIpc) is 1.85. The lowest BCUT2D eigenvalue weighted by atomic mass is 9.96. The zero-order chi connectivity index (χ0) is 4.69. The number of fused-ring (bicyclic) bond motifs is 1. The van der Waals surface area contributed by atoms with Gasteiger partial charge in [-0.25, -0.2) is 0 Å². The Morgan fingerprint density at radius 1 is 1.14 bits per heavy atom. The van der Waals surface area contributed by atoms with Crippen molar-refractivity contribution in [3.63, 3.8) is 0 Å². The summed E-state index contributed by atoms with van der Waals surface area (Å²) in [6.45, 7) is 3.69. The van der Waals surface area contributed by atoms with Crippen molar-refractivity contribution in [1.82, 2.24) is 10.6 Å². The molecule has 2 fully saturated rings. The molecule has 2 aliphatic heterocycles. The van der Waals surface area contributed by atoms with Gasteiger partial charge in [0.25, 0.3) is 0 Å². The van der Waals surface area contributed by atoms with Crippen molar-refractivity contribution in [2.45, 2.75) is 6.04 Å². The van der Waals surface area contributed by atoms with Gasteiger partial charge in [-0.05, 0) is 0 Å². The minimum absolute atomic E-state index is 0.833. The lowest BCUT2D eigenvalue weighted by molar-refractivity contribution is 0.297. The molecule has 0 radical (unpaired) electrons. The first-order valence-electron chi connectivity index (χ1n) is 2.91. The predicted molar refractivity (Wildman–Crippen MR) is 28.2 cm³/mol. The van der Waals surface area contributed by atoms with Crippen molar-refractivity contribution in [1.29, 1.82) is 0 Å². The SMILES string of the molecule is C1NC[C@@H]2NC[C@@H]12. The summed E-state index contributed by atoms with van der Waals surface area (Å²) in [5.41, 5.74) is 0. The zero-order valence-corrected chi connectivity index (χ0v) is 4.28. The average molecular weight is 98.1 g/mol. The second kappa shape index (κ2) is 1.20. The van der Waals surface area contributed by atoms with E-state index in [9.17, 15) is 0 Å². The largest absolute Gasteiger partial charge is 0.315 e. The fourth-order valence-electron chi connectivity index (χ4n) is 1.33. The molecule has 0 aromatic rings. The van der Waals surface area contributed by atoms with E-state index in [4.69, 9.17) is 0 Å². The van der Waals surface area contributed by atoms with Crippen molar-refractivity contribution in [3.05, 3.63) is 0 Å². The Kier molecular flexibility index (Phi) is 0.664. The molecule has 0 aromatic heterocycles. The summed E-state index contributed by atoms with van der Waals surface area (Å²) in [7, 11) is 0. The van der Waals surface area contributed by atoms with E-state index in [1.54, 1.807) is 0 Å². The highest BCUT2D eigenvalue weighted by atomic mass is 15.1. The quantitative estimate of drug-likeness (QED) is 0.413.